The second kappa shape index (κ2) is 6.01. The molecule has 1 heterocycles. The van der Waals surface area contributed by atoms with Gasteiger partial charge in [-0.1, -0.05) is 17.7 Å². The fraction of sp³-hybridized carbons (Fsp3) is 0.214. The molecule has 1 aromatic carbocycles. The van der Waals surface area contributed by atoms with Crippen LogP contribution in [0, 0.1) is 6.92 Å². The highest BCUT2D eigenvalue weighted by Crippen LogP contribution is 2.25. The molecule has 7 heteroatoms. The lowest BCUT2D eigenvalue weighted by molar-refractivity contribution is 0.520. The predicted molar refractivity (Wildman–Crippen MR) is 84.6 cm³/mol. The maximum Gasteiger partial charge on any atom is 0.244 e. The number of sulfonamides is 1. The van der Waals surface area contributed by atoms with E-state index in [1.165, 1.54) is 26.4 Å². The minimum Gasteiger partial charge on any atom is -0.340 e. The first kappa shape index (κ1) is 15.8. The van der Waals surface area contributed by atoms with E-state index in [2.05, 4.69) is 10.3 Å². The molecule has 0 spiro atoms. The van der Waals surface area contributed by atoms with Gasteiger partial charge in [-0.15, -0.1) is 0 Å². The van der Waals surface area contributed by atoms with Gasteiger partial charge in [-0.25, -0.2) is 17.7 Å². The minimum absolute atomic E-state index is 0.154. The number of anilines is 2. The number of hydrogen-bond donors (Lipinski definition) is 1. The topological polar surface area (TPSA) is 62.3 Å². The third kappa shape index (κ3) is 3.34. The van der Waals surface area contributed by atoms with E-state index >= 15 is 0 Å². The van der Waals surface area contributed by atoms with Crippen LogP contribution in [0.5, 0.6) is 0 Å². The van der Waals surface area contributed by atoms with E-state index in [4.69, 9.17) is 11.6 Å². The maximum atomic E-state index is 11.9. The number of benzene rings is 1. The van der Waals surface area contributed by atoms with Gasteiger partial charge >= 0.3 is 0 Å². The van der Waals surface area contributed by atoms with E-state index in [-0.39, 0.29) is 4.90 Å². The van der Waals surface area contributed by atoms with E-state index in [1.54, 1.807) is 6.07 Å². The van der Waals surface area contributed by atoms with Gasteiger partial charge in [0.2, 0.25) is 10.0 Å². The summed E-state index contributed by atoms with van der Waals surface area (Å²) in [5.74, 6) is 0.554. The highest BCUT2D eigenvalue weighted by Gasteiger charge is 2.17. The van der Waals surface area contributed by atoms with E-state index in [1.807, 2.05) is 25.1 Å². The van der Waals surface area contributed by atoms with Crippen LogP contribution in [-0.4, -0.2) is 31.8 Å². The molecule has 0 unspecified atom stereocenters. The fourth-order valence-electron chi connectivity index (χ4n) is 1.70. The van der Waals surface area contributed by atoms with Gasteiger partial charge in [0.25, 0.3) is 0 Å². The number of hydrogen-bond acceptors (Lipinski definition) is 4. The zero-order chi connectivity index (χ0) is 15.6. The second-order valence-electron chi connectivity index (χ2n) is 4.70. The molecule has 1 aromatic heterocycles. The minimum atomic E-state index is -3.46. The van der Waals surface area contributed by atoms with Crippen molar-refractivity contribution in [2.75, 3.05) is 19.4 Å². The quantitative estimate of drug-likeness (QED) is 0.938. The highest BCUT2D eigenvalue weighted by molar-refractivity contribution is 7.89. The van der Waals surface area contributed by atoms with Crippen LogP contribution < -0.4 is 5.32 Å². The third-order valence-corrected chi connectivity index (χ3v) is 5.25. The van der Waals surface area contributed by atoms with Crippen molar-refractivity contribution >= 4 is 33.1 Å². The number of pyridine rings is 1. The molecule has 0 amide bonds. The Labute approximate surface area is 129 Å². The van der Waals surface area contributed by atoms with E-state index in [0.29, 0.717) is 10.8 Å². The van der Waals surface area contributed by atoms with Crippen LogP contribution >= 0.6 is 11.6 Å². The smallest absolute Gasteiger partial charge is 0.244 e. The second-order valence-corrected chi connectivity index (χ2v) is 7.26. The molecule has 0 aliphatic rings. The van der Waals surface area contributed by atoms with Crippen molar-refractivity contribution in [1.82, 2.24) is 9.29 Å². The van der Waals surface area contributed by atoms with Gasteiger partial charge in [0.05, 0.1) is 0 Å². The zero-order valence-electron chi connectivity index (χ0n) is 12.0. The summed E-state index contributed by atoms with van der Waals surface area (Å²) in [6.07, 6.45) is 1.33. The number of nitrogens with zero attached hydrogens (tertiary/aromatic N) is 2. The lowest BCUT2D eigenvalue weighted by Gasteiger charge is -2.12. The van der Waals surface area contributed by atoms with E-state index in [0.717, 1.165) is 15.6 Å². The summed E-state index contributed by atoms with van der Waals surface area (Å²) in [6, 6.07) is 8.67. The molecule has 1 N–H and O–H groups in total. The molecule has 112 valence electrons. The standard InChI is InChI=1S/C14H16ClN3O2S/c1-10-12(15)5-4-6-13(10)17-14-8-7-11(9-16-14)21(19,20)18(2)3/h4-9H,1-3H3,(H,16,17). The average molecular weight is 326 g/mol. The molecule has 0 saturated carbocycles. The third-order valence-electron chi connectivity index (χ3n) is 3.05. The Bertz CT molecular complexity index is 743. The molecule has 0 bridgehead atoms. The lowest BCUT2D eigenvalue weighted by Crippen LogP contribution is -2.22. The van der Waals surface area contributed by atoms with Crippen molar-refractivity contribution in [3.05, 3.63) is 47.1 Å². The van der Waals surface area contributed by atoms with Crippen LogP contribution in [0.1, 0.15) is 5.56 Å². The van der Waals surface area contributed by atoms with Crippen molar-refractivity contribution in [2.24, 2.45) is 0 Å². The molecule has 0 fully saturated rings. The van der Waals surface area contributed by atoms with Crippen molar-refractivity contribution in [3.63, 3.8) is 0 Å². The summed E-state index contributed by atoms with van der Waals surface area (Å²) >= 11 is 6.05. The molecule has 0 aliphatic heterocycles. The van der Waals surface area contributed by atoms with E-state index < -0.39 is 10.0 Å². The summed E-state index contributed by atoms with van der Waals surface area (Å²) in [4.78, 5) is 4.29. The van der Waals surface area contributed by atoms with Crippen molar-refractivity contribution in [1.29, 1.82) is 0 Å². The Kier molecular flexibility index (Phi) is 4.51. The first-order chi connectivity index (χ1) is 9.82. The SMILES string of the molecule is Cc1c(Cl)cccc1Nc1ccc(S(=O)(=O)N(C)C)cn1. The number of halogens is 1. The molecule has 0 saturated heterocycles. The Morgan fingerprint density at radius 3 is 2.48 bits per heavy atom. The predicted octanol–water partition coefficient (Wildman–Crippen LogP) is 3.04. The van der Waals surface area contributed by atoms with Crippen molar-refractivity contribution < 1.29 is 8.42 Å². The summed E-state index contributed by atoms with van der Waals surface area (Å²) < 4.78 is 25.0. The Balaban J connectivity index is 2.26. The Morgan fingerprint density at radius 2 is 1.90 bits per heavy atom. The van der Waals surface area contributed by atoms with Gasteiger partial charge in [-0.2, -0.15) is 0 Å². The van der Waals surface area contributed by atoms with Crippen LogP contribution in [-0.2, 0) is 10.0 Å². The largest absolute Gasteiger partial charge is 0.340 e. The molecular formula is C14H16ClN3O2S. The van der Waals surface area contributed by atoms with E-state index in [9.17, 15) is 8.42 Å². The molecular weight excluding hydrogens is 310 g/mol. The highest BCUT2D eigenvalue weighted by atomic mass is 35.5. The lowest BCUT2D eigenvalue weighted by atomic mass is 10.2. The maximum absolute atomic E-state index is 11.9. The Hall–Kier alpha value is -1.63. The summed E-state index contributed by atoms with van der Waals surface area (Å²) in [5.41, 5.74) is 1.74. The molecule has 0 atom stereocenters. The zero-order valence-corrected chi connectivity index (χ0v) is 13.5. The summed E-state index contributed by atoms with van der Waals surface area (Å²) in [6.45, 7) is 1.90. The number of nitrogens with one attached hydrogen (secondary N) is 1. The van der Waals surface area contributed by atoms with Gasteiger partial charge in [-0.3, -0.25) is 0 Å². The first-order valence-electron chi connectivity index (χ1n) is 6.23. The first-order valence-corrected chi connectivity index (χ1v) is 8.05. The molecule has 0 radical (unpaired) electrons. The van der Waals surface area contributed by atoms with Crippen molar-refractivity contribution in [3.8, 4) is 0 Å². The fourth-order valence-corrected chi connectivity index (χ4v) is 2.72. The van der Waals surface area contributed by atoms with Gasteiger partial charge in [0.15, 0.2) is 0 Å². The average Bonchev–Trinajstić information content (AvgIpc) is 2.44. The van der Waals surface area contributed by atoms with Crippen molar-refractivity contribution in [2.45, 2.75) is 11.8 Å². The normalized spacial score (nSPS) is 11.7. The van der Waals surface area contributed by atoms with Gasteiger partial charge < -0.3 is 5.32 Å². The number of rotatable bonds is 4. The monoisotopic (exact) mass is 325 g/mol. The molecule has 2 rings (SSSR count). The van der Waals surface area contributed by atoms with Gasteiger partial charge in [0.1, 0.15) is 10.7 Å². The Morgan fingerprint density at radius 1 is 1.19 bits per heavy atom. The van der Waals surface area contributed by atoms with Gasteiger partial charge in [0, 0.05) is 31.0 Å². The molecule has 0 aliphatic carbocycles. The number of aromatic nitrogens is 1. The molecule has 21 heavy (non-hydrogen) atoms. The summed E-state index contributed by atoms with van der Waals surface area (Å²) in [5, 5.41) is 3.78. The van der Waals surface area contributed by atoms with Crippen LogP contribution in [0.2, 0.25) is 5.02 Å². The molecule has 5 nitrogen and oxygen atoms in total. The van der Waals surface area contributed by atoms with Crippen LogP contribution in [0.4, 0.5) is 11.5 Å². The van der Waals surface area contributed by atoms with Crippen LogP contribution in [0.3, 0.4) is 0 Å². The van der Waals surface area contributed by atoms with Crippen LogP contribution in [0.15, 0.2) is 41.4 Å². The van der Waals surface area contributed by atoms with Crippen LogP contribution in [0.25, 0.3) is 0 Å². The van der Waals surface area contributed by atoms with Gasteiger partial charge in [-0.05, 0) is 36.8 Å². The summed E-state index contributed by atoms with van der Waals surface area (Å²) in [7, 11) is -0.494. The molecule has 2 aromatic rings.